The summed E-state index contributed by atoms with van der Waals surface area (Å²) in [5.41, 5.74) is 2.20. The highest BCUT2D eigenvalue weighted by molar-refractivity contribution is 5.45. The van der Waals surface area contributed by atoms with Gasteiger partial charge < -0.3 is 4.74 Å². The van der Waals surface area contributed by atoms with Gasteiger partial charge in [0.15, 0.2) is 11.6 Å². The van der Waals surface area contributed by atoms with Gasteiger partial charge in [0.1, 0.15) is 17.4 Å². The van der Waals surface area contributed by atoms with Gasteiger partial charge in [0.25, 0.3) is 0 Å². The third-order valence-electron chi connectivity index (χ3n) is 3.49. The van der Waals surface area contributed by atoms with E-state index in [0.717, 1.165) is 49.1 Å². The zero-order valence-electron chi connectivity index (χ0n) is 11.2. The molecule has 0 fully saturated rings. The molecule has 5 heteroatoms. The van der Waals surface area contributed by atoms with Crippen molar-refractivity contribution in [2.24, 2.45) is 0 Å². The maximum Gasteiger partial charge on any atom is 0.237 e. The Morgan fingerprint density at radius 2 is 1.95 bits per heavy atom. The molecule has 1 aliphatic rings. The van der Waals surface area contributed by atoms with Crippen LogP contribution in [0.25, 0.3) is 0 Å². The molecule has 0 atom stereocenters. The van der Waals surface area contributed by atoms with E-state index in [1.807, 2.05) is 6.07 Å². The molecule has 106 valence electrons. The van der Waals surface area contributed by atoms with Gasteiger partial charge in [-0.05, 0) is 49.4 Å². The molecule has 0 amide bonds. The Bertz CT molecular complexity index is 738. The van der Waals surface area contributed by atoms with Crippen molar-refractivity contribution in [3.8, 4) is 17.7 Å². The van der Waals surface area contributed by atoms with Crippen LogP contribution in [-0.4, -0.2) is 4.98 Å². The first-order valence-corrected chi connectivity index (χ1v) is 6.73. The van der Waals surface area contributed by atoms with Gasteiger partial charge in [-0.2, -0.15) is 5.26 Å². The number of nitriles is 1. The van der Waals surface area contributed by atoms with Gasteiger partial charge >= 0.3 is 0 Å². The van der Waals surface area contributed by atoms with Crippen molar-refractivity contribution in [2.45, 2.75) is 25.7 Å². The second-order valence-electron chi connectivity index (χ2n) is 4.94. The minimum absolute atomic E-state index is 0.0728. The van der Waals surface area contributed by atoms with Crippen LogP contribution in [0.3, 0.4) is 0 Å². The molecule has 0 bridgehead atoms. The fourth-order valence-electron chi connectivity index (χ4n) is 2.43. The highest BCUT2D eigenvalue weighted by Gasteiger charge is 2.17. The van der Waals surface area contributed by atoms with E-state index in [2.05, 4.69) is 4.98 Å². The van der Waals surface area contributed by atoms with E-state index in [-0.39, 0.29) is 17.2 Å². The predicted molar refractivity (Wildman–Crippen MR) is 72.0 cm³/mol. The molecule has 1 heterocycles. The molecule has 0 spiro atoms. The summed E-state index contributed by atoms with van der Waals surface area (Å²) >= 11 is 0. The SMILES string of the molecule is N#Cc1cc2c(nc1Oc1ccc(F)cc1F)CCCC2. The molecule has 21 heavy (non-hydrogen) atoms. The molecule has 1 aromatic heterocycles. The van der Waals surface area contributed by atoms with Crippen LogP contribution in [-0.2, 0) is 12.8 Å². The highest BCUT2D eigenvalue weighted by Crippen LogP contribution is 2.30. The number of aryl methyl sites for hydroxylation is 2. The smallest absolute Gasteiger partial charge is 0.237 e. The zero-order chi connectivity index (χ0) is 14.8. The number of rotatable bonds is 2. The maximum atomic E-state index is 13.6. The molecule has 0 saturated carbocycles. The average Bonchev–Trinajstić information content (AvgIpc) is 2.49. The number of nitrogens with zero attached hydrogens (tertiary/aromatic N) is 2. The van der Waals surface area contributed by atoms with Crippen LogP contribution in [0.4, 0.5) is 8.78 Å². The summed E-state index contributed by atoms with van der Waals surface area (Å²) in [6, 6.07) is 6.78. The van der Waals surface area contributed by atoms with Gasteiger partial charge in [-0.1, -0.05) is 0 Å². The van der Waals surface area contributed by atoms with E-state index in [9.17, 15) is 14.0 Å². The molecule has 2 aromatic rings. The Morgan fingerprint density at radius 3 is 2.71 bits per heavy atom. The second kappa shape index (κ2) is 5.49. The Balaban J connectivity index is 1.99. The largest absolute Gasteiger partial charge is 0.435 e. The number of pyridine rings is 1. The third-order valence-corrected chi connectivity index (χ3v) is 3.49. The molecular weight excluding hydrogens is 274 g/mol. The lowest BCUT2D eigenvalue weighted by atomic mass is 9.95. The summed E-state index contributed by atoms with van der Waals surface area (Å²) in [5.74, 6) is -1.57. The predicted octanol–water partition coefficient (Wildman–Crippen LogP) is 3.90. The molecule has 1 aliphatic carbocycles. The first-order chi connectivity index (χ1) is 10.2. The lowest BCUT2D eigenvalue weighted by Crippen LogP contribution is -2.07. The Kier molecular flexibility index (Phi) is 3.53. The molecule has 0 N–H and O–H groups in total. The molecule has 1 aromatic carbocycles. The van der Waals surface area contributed by atoms with Crippen molar-refractivity contribution in [1.82, 2.24) is 4.98 Å². The van der Waals surface area contributed by atoms with Crippen molar-refractivity contribution in [1.29, 1.82) is 5.26 Å². The van der Waals surface area contributed by atoms with Gasteiger partial charge in [-0.15, -0.1) is 0 Å². The minimum atomic E-state index is -0.821. The normalized spacial score (nSPS) is 13.4. The van der Waals surface area contributed by atoms with Crippen molar-refractivity contribution < 1.29 is 13.5 Å². The number of ether oxygens (including phenoxy) is 1. The monoisotopic (exact) mass is 286 g/mol. The molecule has 0 radical (unpaired) electrons. The van der Waals surface area contributed by atoms with Crippen LogP contribution in [0.5, 0.6) is 11.6 Å². The van der Waals surface area contributed by atoms with Crippen LogP contribution < -0.4 is 4.74 Å². The highest BCUT2D eigenvalue weighted by atomic mass is 19.1. The number of benzene rings is 1. The van der Waals surface area contributed by atoms with Gasteiger partial charge in [-0.25, -0.2) is 13.8 Å². The summed E-state index contributed by atoms with van der Waals surface area (Å²) in [6.07, 6.45) is 3.83. The number of hydrogen-bond donors (Lipinski definition) is 0. The van der Waals surface area contributed by atoms with E-state index in [1.165, 1.54) is 6.07 Å². The van der Waals surface area contributed by atoms with Crippen LogP contribution in [0.2, 0.25) is 0 Å². The first-order valence-electron chi connectivity index (χ1n) is 6.73. The molecule has 0 unspecified atom stereocenters. The quantitative estimate of drug-likeness (QED) is 0.841. The topological polar surface area (TPSA) is 45.9 Å². The lowest BCUT2D eigenvalue weighted by Gasteiger charge is -2.16. The van der Waals surface area contributed by atoms with Gasteiger partial charge in [-0.3, -0.25) is 0 Å². The Hall–Kier alpha value is -2.48. The fraction of sp³-hybridized carbons (Fsp3) is 0.250. The first kappa shape index (κ1) is 13.5. The Morgan fingerprint density at radius 1 is 1.14 bits per heavy atom. The van der Waals surface area contributed by atoms with Crippen molar-refractivity contribution in [3.05, 3.63) is 52.7 Å². The van der Waals surface area contributed by atoms with E-state index < -0.39 is 11.6 Å². The van der Waals surface area contributed by atoms with E-state index in [0.29, 0.717) is 0 Å². The number of aromatic nitrogens is 1. The molecule has 3 rings (SSSR count). The third kappa shape index (κ3) is 2.70. The molecular formula is C16H12F2N2O. The van der Waals surface area contributed by atoms with E-state index >= 15 is 0 Å². The van der Waals surface area contributed by atoms with Crippen LogP contribution >= 0.6 is 0 Å². The average molecular weight is 286 g/mol. The minimum Gasteiger partial charge on any atom is -0.435 e. The van der Waals surface area contributed by atoms with Gasteiger partial charge in [0.2, 0.25) is 5.88 Å². The zero-order valence-corrected chi connectivity index (χ0v) is 11.2. The van der Waals surface area contributed by atoms with Crippen molar-refractivity contribution >= 4 is 0 Å². The molecule has 0 saturated heterocycles. The van der Waals surface area contributed by atoms with Crippen molar-refractivity contribution in [3.63, 3.8) is 0 Å². The maximum absolute atomic E-state index is 13.6. The summed E-state index contributed by atoms with van der Waals surface area (Å²) in [4.78, 5) is 4.34. The molecule has 0 aliphatic heterocycles. The van der Waals surface area contributed by atoms with E-state index in [1.54, 1.807) is 6.07 Å². The number of fused-ring (bicyclic) bond motifs is 1. The van der Waals surface area contributed by atoms with Gasteiger partial charge in [0.05, 0.1) is 0 Å². The summed E-state index contributed by atoms with van der Waals surface area (Å²) < 4.78 is 31.9. The van der Waals surface area contributed by atoms with Crippen LogP contribution in [0.1, 0.15) is 29.7 Å². The van der Waals surface area contributed by atoms with Gasteiger partial charge in [0, 0.05) is 11.8 Å². The molecule has 3 nitrogen and oxygen atoms in total. The second-order valence-corrected chi connectivity index (χ2v) is 4.94. The summed E-state index contributed by atoms with van der Waals surface area (Å²) in [5, 5.41) is 9.19. The fourth-order valence-corrected chi connectivity index (χ4v) is 2.43. The van der Waals surface area contributed by atoms with Crippen molar-refractivity contribution in [2.75, 3.05) is 0 Å². The van der Waals surface area contributed by atoms with Crippen LogP contribution in [0, 0.1) is 23.0 Å². The lowest BCUT2D eigenvalue weighted by molar-refractivity contribution is 0.419. The summed E-state index contributed by atoms with van der Waals surface area (Å²) in [7, 11) is 0. The van der Waals surface area contributed by atoms with Crippen LogP contribution in [0.15, 0.2) is 24.3 Å². The standard InChI is InChI=1S/C16H12F2N2O/c17-12-5-6-15(13(18)8-12)21-16-11(9-19)7-10-3-1-2-4-14(10)20-16/h5-8H,1-4H2. The van der Waals surface area contributed by atoms with E-state index in [4.69, 9.17) is 4.74 Å². The Labute approximate surface area is 120 Å². The number of halogens is 2. The summed E-state index contributed by atoms with van der Waals surface area (Å²) in [6.45, 7) is 0. The number of hydrogen-bond acceptors (Lipinski definition) is 3.